The van der Waals surface area contributed by atoms with Crippen LogP contribution in [0.15, 0.2) is 11.6 Å². The molecule has 2 heterocycles. The van der Waals surface area contributed by atoms with Crippen molar-refractivity contribution < 1.29 is 0 Å². The van der Waals surface area contributed by atoms with Crippen molar-refractivity contribution in [1.82, 2.24) is 9.99 Å². The fourth-order valence-corrected chi connectivity index (χ4v) is 2.49. The highest BCUT2D eigenvalue weighted by Crippen LogP contribution is 2.20. The summed E-state index contributed by atoms with van der Waals surface area (Å²) >= 11 is 1.76. The summed E-state index contributed by atoms with van der Waals surface area (Å²) in [6.07, 6.45) is 5.47. The lowest BCUT2D eigenvalue weighted by molar-refractivity contribution is 0.187. The first-order valence-corrected chi connectivity index (χ1v) is 5.60. The highest BCUT2D eigenvalue weighted by molar-refractivity contribution is 7.09. The first kappa shape index (κ1) is 9.12. The molecule has 2 rings (SSSR count). The molecule has 0 spiro atoms. The Balaban J connectivity index is 1.83. The van der Waals surface area contributed by atoms with E-state index in [9.17, 15) is 0 Å². The summed E-state index contributed by atoms with van der Waals surface area (Å²) in [5, 5.41) is 5.24. The van der Waals surface area contributed by atoms with Crippen LogP contribution in [0, 0.1) is 5.92 Å². The Morgan fingerprint density at radius 1 is 1.54 bits per heavy atom. The zero-order valence-electron chi connectivity index (χ0n) is 7.65. The van der Waals surface area contributed by atoms with Gasteiger partial charge in [0.05, 0.1) is 5.01 Å². The number of nitrogens with two attached hydrogens (primary N) is 1. The zero-order chi connectivity index (χ0) is 9.10. The van der Waals surface area contributed by atoms with Crippen molar-refractivity contribution in [1.29, 1.82) is 0 Å². The topological polar surface area (TPSA) is 42.1 Å². The van der Waals surface area contributed by atoms with E-state index in [1.165, 1.54) is 17.8 Å². The van der Waals surface area contributed by atoms with Crippen LogP contribution in [0.4, 0.5) is 0 Å². The number of aromatic nitrogens is 1. The Morgan fingerprint density at radius 3 is 2.92 bits per heavy atom. The van der Waals surface area contributed by atoms with Gasteiger partial charge >= 0.3 is 0 Å². The Labute approximate surface area is 82.5 Å². The molecule has 1 aromatic rings. The SMILES string of the molecule is NN1CCC(Cc2nccs2)CC1. The van der Waals surface area contributed by atoms with Gasteiger partial charge in [-0.05, 0) is 18.8 Å². The van der Waals surface area contributed by atoms with Crippen LogP contribution in [0.2, 0.25) is 0 Å². The van der Waals surface area contributed by atoms with Crippen LogP contribution in [0.5, 0.6) is 0 Å². The van der Waals surface area contributed by atoms with Gasteiger partial charge in [-0.3, -0.25) is 5.84 Å². The molecule has 0 radical (unpaired) electrons. The lowest BCUT2D eigenvalue weighted by Crippen LogP contribution is -2.39. The zero-order valence-corrected chi connectivity index (χ0v) is 8.46. The Morgan fingerprint density at radius 2 is 2.31 bits per heavy atom. The van der Waals surface area contributed by atoms with Gasteiger partial charge in [0.25, 0.3) is 0 Å². The Kier molecular flexibility index (Phi) is 2.93. The van der Waals surface area contributed by atoms with Gasteiger partial charge in [0, 0.05) is 31.1 Å². The van der Waals surface area contributed by atoms with E-state index in [1.807, 2.05) is 16.6 Å². The predicted octanol–water partition coefficient (Wildman–Crippen LogP) is 1.27. The Hall–Kier alpha value is -0.450. The Bertz CT molecular complexity index is 239. The molecule has 1 aliphatic heterocycles. The minimum absolute atomic E-state index is 0.797. The fraction of sp³-hybridized carbons (Fsp3) is 0.667. The average Bonchev–Trinajstić information content (AvgIpc) is 2.62. The number of piperidine rings is 1. The molecule has 2 N–H and O–H groups in total. The number of hydrazine groups is 1. The largest absolute Gasteiger partial charge is 0.269 e. The number of hydrogen-bond donors (Lipinski definition) is 1. The predicted molar refractivity (Wildman–Crippen MR) is 54.3 cm³/mol. The number of hydrogen-bond acceptors (Lipinski definition) is 4. The molecular weight excluding hydrogens is 182 g/mol. The van der Waals surface area contributed by atoms with Crippen LogP contribution in [-0.4, -0.2) is 23.1 Å². The molecular formula is C9H15N3S. The summed E-state index contributed by atoms with van der Waals surface area (Å²) in [7, 11) is 0. The second-order valence-corrected chi connectivity index (χ2v) is 4.59. The van der Waals surface area contributed by atoms with E-state index in [0.717, 1.165) is 25.4 Å². The summed E-state index contributed by atoms with van der Waals surface area (Å²) in [5.41, 5.74) is 0. The molecule has 0 amide bonds. The first-order valence-electron chi connectivity index (χ1n) is 4.72. The van der Waals surface area contributed by atoms with E-state index < -0.39 is 0 Å². The third-order valence-corrected chi connectivity index (χ3v) is 3.40. The minimum Gasteiger partial charge on any atom is -0.269 e. The lowest BCUT2D eigenvalue weighted by atomic mass is 9.95. The second kappa shape index (κ2) is 4.17. The maximum absolute atomic E-state index is 5.69. The van der Waals surface area contributed by atoms with Crippen molar-refractivity contribution in [3.63, 3.8) is 0 Å². The van der Waals surface area contributed by atoms with Crippen molar-refractivity contribution >= 4 is 11.3 Å². The van der Waals surface area contributed by atoms with Gasteiger partial charge in [-0.25, -0.2) is 9.99 Å². The van der Waals surface area contributed by atoms with Crippen molar-refractivity contribution in [2.45, 2.75) is 19.3 Å². The van der Waals surface area contributed by atoms with Crippen LogP contribution < -0.4 is 5.84 Å². The molecule has 0 bridgehead atoms. The molecule has 0 unspecified atom stereocenters. The third kappa shape index (κ3) is 2.49. The summed E-state index contributed by atoms with van der Waals surface area (Å²) in [6.45, 7) is 2.08. The second-order valence-electron chi connectivity index (χ2n) is 3.61. The molecule has 13 heavy (non-hydrogen) atoms. The van der Waals surface area contributed by atoms with Gasteiger partial charge in [0.15, 0.2) is 0 Å². The van der Waals surface area contributed by atoms with Crippen LogP contribution in [0.25, 0.3) is 0 Å². The highest BCUT2D eigenvalue weighted by atomic mass is 32.1. The van der Waals surface area contributed by atoms with Crippen LogP contribution in [-0.2, 0) is 6.42 Å². The molecule has 1 aromatic heterocycles. The number of thiazole rings is 1. The van der Waals surface area contributed by atoms with Crippen LogP contribution >= 0.6 is 11.3 Å². The molecule has 3 nitrogen and oxygen atoms in total. The molecule has 0 saturated carbocycles. The van der Waals surface area contributed by atoms with E-state index in [2.05, 4.69) is 4.98 Å². The molecule has 72 valence electrons. The van der Waals surface area contributed by atoms with Crippen molar-refractivity contribution in [3.8, 4) is 0 Å². The number of nitrogens with zero attached hydrogens (tertiary/aromatic N) is 2. The summed E-state index contributed by atoms with van der Waals surface area (Å²) in [4.78, 5) is 4.30. The van der Waals surface area contributed by atoms with Crippen molar-refractivity contribution in [3.05, 3.63) is 16.6 Å². The van der Waals surface area contributed by atoms with Gasteiger partial charge in [-0.2, -0.15) is 0 Å². The van der Waals surface area contributed by atoms with Gasteiger partial charge in [-0.15, -0.1) is 11.3 Å². The van der Waals surface area contributed by atoms with Crippen LogP contribution in [0.3, 0.4) is 0 Å². The molecule has 0 aromatic carbocycles. The van der Waals surface area contributed by atoms with E-state index in [0.29, 0.717) is 0 Å². The maximum atomic E-state index is 5.69. The molecule has 1 saturated heterocycles. The van der Waals surface area contributed by atoms with E-state index in [-0.39, 0.29) is 0 Å². The standard InChI is InChI=1S/C9H15N3S/c10-12-4-1-8(2-5-12)7-9-11-3-6-13-9/h3,6,8H,1-2,4-5,7,10H2. The van der Waals surface area contributed by atoms with E-state index >= 15 is 0 Å². The molecule has 0 aliphatic carbocycles. The summed E-state index contributed by atoms with van der Waals surface area (Å²) in [6, 6.07) is 0. The van der Waals surface area contributed by atoms with Crippen molar-refractivity contribution in [2.24, 2.45) is 11.8 Å². The van der Waals surface area contributed by atoms with Crippen molar-refractivity contribution in [2.75, 3.05) is 13.1 Å². The number of rotatable bonds is 2. The fourth-order valence-electron chi connectivity index (χ4n) is 1.76. The maximum Gasteiger partial charge on any atom is 0.0927 e. The molecule has 0 atom stereocenters. The summed E-state index contributed by atoms with van der Waals surface area (Å²) < 4.78 is 0. The van der Waals surface area contributed by atoms with Gasteiger partial charge in [0.1, 0.15) is 0 Å². The normalized spacial score (nSPS) is 20.7. The van der Waals surface area contributed by atoms with Crippen LogP contribution in [0.1, 0.15) is 17.8 Å². The first-order chi connectivity index (χ1) is 6.34. The minimum atomic E-state index is 0.797. The van der Waals surface area contributed by atoms with Gasteiger partial charge in [0.2, 0.25) is 0 Å². The lowest BCUT2D eigenvalue weighted by Gasteiger charge is -2.27. The monoisotopic (exact) mass is 197 g/mol. The molecule has 1 fully saturated rings. The highest BCUT2D eigenvalue weighted by Gasteiger charge is 2.17. The van der Waals surface area contributed by atoms with Gasteiger partial charge < -0.3 is 0 Å². The quantitative estimate of drug-likeness (QED) is 0.726. The van der Waals surface area contributed by atoms with E-state index in [4.69, 9.17) is 5.84 Å². The van der Waals surface area contributed by atoms with Gasteiger partial charge in [-0.1, -0.05) is 0 Å². The molecule has 1 aliphatic rings. The molecule has 4 heteroatoms. The summed E-state index contributed by atoms with van der Waals surface area (Å²) in [5.74, 6) is 6.49. The smallest absolute Gasteiger partial charge is 0.0927 e. The average molecular weight is 197 g/mol. The van der Waals surface area contributed by atoms with E-state index in [1.54, 1.807) is 11.3 Å². The third-order valence-electron chi connectivity index (χ3n) is 2.60.